The fourth-order valence-corrected chi connectivity index (χ4v) is 1.25. The predicted octanol–water partition coefficient (Wildman–Crippen LogP) is 3.73. The van der Waals surface area contributed by atoms with Crippen LogP contribution in [0.2, 0.25) is 10.0 Å². The van der Waals surface area contributed by atoms with Gasteiger partial charge in [0.15, 0.2) is 5.78 Å². The van der Waals surface area contributed by atoms with E-state index in [1.807, 2.05) is 6.92 Å². The molecule has 0 radical (unpaired) electrons. The summed E-state index contributed by atoms with van der Waals surface area (Å²) in [5.74, 6) is -0.165. The van der Waals surface area contributed by atoms with E-state index in [-0.39, 0.29) is 5.78 Å². The Bertz CT molecular complexity index is 386. The minimum Gasteiger partial charge on any atom is -0.501 e. The Labute approximate surface area is 98.4 Å². The van der Waals surface area contributed by atoms with Gasteiger partial charge in [-0.2, -0.15) is 0 Å². The van der Waals surface area contributed by atoms with Crippen molar-refractivity contribution < 1.29 is 9.53 Å². The third kappa shape index (κ3) is 3.57. The van der Waals surface area contributed by atoms with Crippen molar-refractivity contribution in [1.82, 2.24) is 0 Å². The Balaban J connectivity index is 2.78. The largest absolute Gasteiger partial charge is 0.501 e. The highest BCUT2D eigenvalue weighted by atomic mass is 35.5. The SMILES string of the molecule is CCOC=CC(=O)c1ccc(Cl)c(Cl)c1. The van der Waals surface area contributed by atoms with E-state index in [1.165, 1.54) is 18.4 Å². The molecule has 0 aliphatic rings. The molecule has 0 aliphatic heterocycles. The second-order valence-corrected chi connectivity index (χ2v) is 3.57. The van der Waals surface area contributed by atoms with E-state index in [1.54, 1.807) is 12.1 Å². The first kappa shape index (κ1) is 12.1. The Hall–Kier alpha value is -0.990. The molecule has 0 atom stereocenters. The normalized spacial score (nSPS) is 10.6. The van der Waals surface area contributed by atoms with Gasteiger partial charge in [-0.15, -0.1) is 0 Å². The van der Waals surface area contributed by atoms with Gasteiger partial charge in [-0.25, -0.2) is 0 Å². The van der Waals surface area contributed by atoms with E-state index in [0.717, 1.165) is 0 Å². The number of benzene rings is 1. The van der Waals surface area contributed by atoms with Crippen LogP contribution < -0.4 is 0 Å². The summed E-state index contributed by atoms with van der Waals surface area (Å²) < 4.78 is 4.92. The molecule has 1 aromatic rings. The first-order chi connectivity index (χ1) is 7.15. The molecule has 2 nitrogen and oxygen atoms in total. The maximum absolute atomic E-state index is 11.5. The number of hydrogen-bond donors (Lipinski definition) is 0. The average Bonchev–Trinajstić information content (AvgIpc) is 2.22. The molecule has 0 bridgehead atoms. The molecule has 0 saturated heterocycles. The molecule has 0 amide bonds. The highest BCUT2D eigenvalue weighted by molar-refractivity contribution is 6.42. The third-order valence-electron chi connectivity index (χ3n) is 1.69. The highest BCUT2D eigenvalue weighted by Gasteiger charge is 2.04. The van der Waals surface area contributed by atoms with Gasteiger partial charge in [0, 0.05) is 11.6 Å². The summed E-state index contributed by atoms with van der Waals surface area (Å²) in [6.45, 7) is 2.37. The van der Waals surface area contributed by atoms with Crippen LogP contribution in [-0.4, -0.2) is 12.4 Å². The van der Waals surface area contributed by atoms with Gasteiger partial charge in [0.2, 0.25) is 0 Å². The van der Waals surface area contributed by atoms with E-state index >= 15 is 0 Å². The first-order valence-electron chi connectivity index (χ1n) is 4.42. The molecule has 0 N–H and O–H groups in total. The fourth-order valence-electron chi connectivity index (χ4n) is 0.952. The van der Waals surface area contributed by atoms with Crippen LogP contribution in [0, 0.1) is 0 Å². The number of hydrogen-bond acceptors (Lipinski definition) is 2. The molecular formula is C11H10Cl2O2. The third-order valence-corrected chi connectivity index (χ3v) is 2.43. The van der Waals surface area contributed by atoms with Crippen LogP contribution >= 0.6 is 23.2 Å². The molecule has 0 spiro atoms. The summed E-state index contributed by atoms with van der Waals surface area (Å²) in [5.41, 5.74) is 0.486. The number of allylic oxidation sites excluding steroid dienone is 1. The van der Waals surface area contributed by atoms with Gasteiger partial charge in [0.1, 0.15) is 0 Å². The number of carbonyl (C=O) groups excluding carboxylic acids is 1. The summed E-state index contributed by atoms with van der Waals surface area (Å²) in [5, 5.41) is 0.800. The zero-order chi connectivity index (χ0) is 11.3. The zero-order valence-electron chi connectivity index (χ0n) is 8.17. The predicted molar refractivity (Wildman–Crippen MR) is 61.6 cm³/mol. The van der Waals surface area contributed by atoms with Crippen molar-refractivity contribution in [3.8, 4) is 0 Å². The lowest BCUT2D eigenvalue weighted by Crippen LogP contribution is -1.94. The molecule has 0 aliphatic carbocycles. The maximum atomic E-state index is 11.5. The van der Waals surface area contributed by atoms with E-state index in [2.05, 4.69) is 0 Å². The Kier molecular flexibility index (Phi) is 4.66. The van der Waals surface area contributed by atoms with Gasteiger partial charge < -0.3 is 4.74 Å². The van der Waals surface area contributed by atoms with E-state index < -0.39 is 0 Å². The number of ketones is 1. The van der Waals surface area contributed by atoms with Gasteiger partial charge in [-0.3, -0.25) is 4.79 Å². The second kappa shape index (κ2) is 5.79. The molecular weight excluding hydrogens is 235 g/mol. The summed E-state index contributed by atoms with van der Waals surface area (Å²) in [6, 6.07) is 4.74. The number of rotatable bonds is 4. The molecule has 0 unspecified atom stereocenters. The molecule has 0 aromatic heterocycles. The quantitative estimate of drug-likeness (QED) is 0.459. The summed E-state index contributed by atoms with van der Waals surface area (Å²) in [6.07, 6.45) is 2.72. The summed E-state index contributed by atoms with van der Waals surface area (Å²) in [7, 11) is 0. The van der Waals surface area contributed by atoms with Crippen molar-refractivity contribution >= 4 is 29.0 Å². The lowest BCUT2D eigenvalue weighted by molar-refractivity contribution is 0.104. The molecule has 0 heterocycles. The standard InChI is InChI=1S/C11H10Cl2O2/c1-2-15-6-5-11(14)8-3-4-9(12)10(13)7-8/h3-7H,2H2,1H3. The van der Waals surface area contributed by atoms with Gasteiger partial charge in [-0.05, 0) is 25.1 Å². The molecule has 15 heavy (non-hydrogen) atoms. The van der Waals surface area contributed by atoms with E-state index in [9.17, 15) is 4.79 Å². The van der Waals surface area contributed by atoms with Crippen LogP contribution in [0.5, 0.6) is 0 Å². The minimum absolute atomic E-state index is 0.165. The molecule has 4 heteroatoms. The fraction of sp³-hybridized carbons (Fsp3) is 0.182. The van der Waals surface area contributed by atoms with E-state index in [0.29, 0.717) is 22.2 Å². The second-order valence-electron chi connectivity index (χ2n) is 2.75. The molecule has 80 valence electrons. The van der Waals surface area contributed by atoms with Crippen LogP contribution in [0.3, 0.4) is 0 Å². The lowest BCUT2D eigenvalue weighted by Gasteiger charge is -1.99. The minimum atomic E-state index is -0.165. The molecule has 0 fully saturated rings. The van der Waals surface area contributed by atoms with Gasteiger partial charge in [-0.1, -0.05) is 23.2 Å². The van der Waals surface area contributed by atoms with Crippen LogP contribution in [0.25, 0.3) is 0 Å². The van der Waals surface area contributed by atoms with Crippen LogP contribution in [-0.2, 0) is 4.74 Å². The number of carbonyl (C=O) groups is 1. The van der Waals surface area contributed by atoms with Crippen LogP contribution in [0.15, 0.2) is 30.5 Å². The van der Waals surface area contributed by atoms with Crippen molar-refractivity contribution in [1.29, 1.82) is 0 Å². The lowest BCUT2D eigenvalue weighted by atomic mass is 10.1. The Morgan fingerprint density at radius 1 is 1.40 bits per heavy atom. The summed E-state index contributed by atoms with van der Waals surface area (Å²) in [4.78, 5) is 11.5. The number of halogens is 2. The summed E-state index contributed by atoms with van der Waals surface area (Å²) >= 11 is 11.5. The first-order valence-corrected chi connectivity index (χ1v) is 5.18. The van der Waals surface area contributed by atoms with Gasteiger partial charge in [0.25, 0.3) is 0 Å². The zero-order valence-corrected chi connectivity index (χ0v) is 9.68. The van der Waals surface area contributed by atoms with Gasteiger partial charge >= 0.3 is 0 Å². The average molecular weight is 245 g/mol. The van der Waals surface area contributed by atoms with E-state index in [4.69, 9.17) is 27.9 Å². The monoisotopic (exact) mass is 244 g/mol. The Morgan fingerprint density at radius 2 is 2.13 bits per heavy atom. The van der Waals surface area contributed by atoms with Gasteiger partial charge in [0.05, 0.1) is 22.9 Å². The molecule has 1 aromatic carbocycles. The smallest absolute Gasteiger partial charge is 0.188 e. The van der Waals surface area contributed by atoms with Crippen LogP contribution in [0.4, 0.5) is 0 Å². The Morgan fingerprint density at radius 3 is 2.73 bits per heavy atom. The van der Waals surface area contributed by atoms with Crippen molar-refractivity contribution in [2.45, 2.75) is 6.92 Å². The van der Waals surface area contributed by atoms with Crippen molar-refractivity contribution in [3.63, 3.8) is 0 Å². The topological polar surface area (TPSA) is 26.3 Å². The molecule has 1 rings (SSSR count). The molecule has 0 saturated carbocycles. The van der Waals surface area contributed by atoms with Crippen LogP contribution in [0.1, 0.15) is 17.3 Å². The number of ether oxygens (including phenoxy) is 1. The van der Waals surface area contributed by atoms with Crippen molar-refractivity contribution in [2.75, 3.05) is 6.61 Å². The van der Waals surface area contributed by atoms with Crippen molar-refractivity contribution in [3.05, 3.63) is 46.1 Å². The van der Waals surface area contributed by atoms with Crippen molar-refractivity contribution in [2.24, 2.45) is 0 Å². The maximum Gasteiger partial charge on any atom is 0.188 e. The highest BCUT2D eigenvalue weighted by Crippen LogP contribution is 2.22.